The van der Waals surface area contributed by atoms with Crippen LogP contribution in [0.2, 0.25) is 0 Å². The van der Waals surface area contributed by atoms with Crippen LogP contribution >= 0.6 is 11.8 Å². The molecule has 0 amide bonds. The van der Waals surface area contributed by atoms with Crippen LogP contribution in [0.15, 0.2) is 6.33 Å². The monoisotopic (exact) mass is 252 g/mol. The standard InChI is InChI=1S/C12H20N4S/c1-3-5-13-11-9(2)12(15-8-14-11)16-10-4-6-17-7-10/h8,10H,3-7H2,1-2H3,(H2,13,14,15,16). The molecule has 1 aliphatic heterocycles. The van der Waals surface area contributed by atoms with Crippen LogP contribution in [0.3, 0.4) is 0 Å². The van der Waals surface area contributed by atoms with E-state index in [1.54, 1.807) is 6.33 Å². The summed E-state index contributed by atoms with van der Waals surface area (Å²) in [5, 5.41) is 6.85. The lowest BCUT2D eigenvalue weighted by Gasteiger charge is -2.16. The van der Waals surface area contributed by atoms with E-state index in [9.17, 15) is 0 Å². The van der Waals surface area contributed by atoms with Crippen LogP contribution in [-0.4, -0.2) is 34.1 Å². The second kappa shape index (κ2) is 6.10. The molecular formula is C12H20N4S. The van der Waals surface area contributed by atoms with E-state index >= 15 is 0 Å². The molecule has 1 aromatic heterocycles. The number of hydrogen-bond acceptors (Lipinski definition) is 5. The first-order chi connectivity index (χ1) is 8.31. The molecule has 1 atom stereocenters. The van der Waals surface area contributed by atoms with Gasteiger partial charge >= 0.3 is 0 Å². The maximum atomic E-state index is 4.34. The number of aromatic nitrogens is 2. The van der Waals surface area contributed by atoms with Crippen molar-refractivity contribution in [3.05, 3.63) is 11.9 Å². The molecule has 0 radical (unpaired) electrons. The molecule has 0 aliphatic carbocycles. The Morgan fingerprint density at radius 2 is 2.24 bits per heavy atom. The second-order valence-corrected chi connectivity index (χ2v) is 5.48. The molecule has 0 spiro atoms. The van der Waals surface area contributed by atoms with E-state index in [2.05, 4.69) is 34.4 Å². The predicted molar refractivity (Wildman–Crippen MR) is 74.9 cm³/mol. The number of rotatable bonds is 5. The fourth-order valence-electron chi connectivity index (χ4n) is 1.86. The zero-order valence-corrected chi connectivity index (χ0v) is 11.3. The van der Waals surface area contributed by atoms with Crippen LogP contribution in [0.4, 0.5) is 11.6 Å². The van der Waals surface area contributed by atoms with Gasteiger partial charge in [-0.05, 0) is 25.5 Å². The van der Waals surface area contributed by atoms with E-state index in [-0.39, 0.29) is 0 Å². The van der Waals surface area contributed by atoms with E-state index in [1.807, 2.05) is 11.8 Å². The average molecular weight is 252 g/mol. The smallest absolute Gasteiger partial charge is 0.134 e. The Morgan fingerprint density at radius 3 is 2.94 bits per heavy atom. The number of nitrogens with zero attached hydrogens (tertiary/aromatic N) is 2. The van der Waals surface area contributed by atoms with Gasteiger partial charge in [0.2, 0.25) is 0 Å². The minimum absolute atomic E-state index is 0.563. The highest BCUT2D eigenvalue weighted by Gasteiger charge is 2.17. The second-order valence-electron chi connectivity index (χ2n) is 4.33. The maximum Gasteiger partial charge on any atom is 0.134 e. The Morgan fingerprint density at radius 1 is 1.41 bits per heavy atom. The van der Waals surface area contributed by atoms with Crippen LogP contribution in [0.25, 0.3) is 0 Å². The van der Waals surface area contributed by atoms with Gasteiger partial charge in [-0.1, -0.05) is 6.92 Å². The molecule has 2 heterocycles. The SMILES string of the molecule is CCCNc1ncnc(NC2CCSC2)c1C. The van der Waals surface area contributed by atoms with Gasteiger partial charge in [0.25, 0.3) is 0 Å². The molecule has 1 fully saturated rings. The molecule has 1 saturated heterocycles. The van der Waals surface area contributed by atoms with Crippen LogP contribution in [0.1, 0.15) is 25.3 Å². The summed E-state index contributed by atoms with van der Waals surface area (Å²) >= 11 is 2.00. The van der Waals surface area contributed by atoms with Crippen molar-refractivity contribution in [3.8, 4) is 0 Å². The van der Waals surface area contributed by atoms with Crippen molar-refractivity contribution in [2.75, 3.05) is 28.7 Å². The Bertz CT molecular complexity index is 364. The van der Waals surface area contributed by atoms with E-state index in [4.69, 9.17) is 0 Å². The van der Waals surface area contributed by atoms with Crippen molar-refractivity contribution < 1.29 is 0 Å². The lowest BCUT2D eigenvalue weighted by Crippen LogP contribution is -2.20. The molecule has 94 valence electrons. The summed E-state index contributed by atoms with van der Waals surface area (Å²) in [6.45, 7) is 5.18. The lowest BCUT2D eigenvalue weighted by molar-refractivity contribution is 0.803. The predicted octanol–water partition coefficient (Wildman–Crippen LogP) is 2.52. The third kappa shape index (κ3) is 3.25. The highest BCUT2D eigenvalue weighted by molar-refractivity contribution is 7.99. The number of anilines is 2. The van der Waals surface area contributed by atoms with Gasteiger partial charge < -0.3 is 10.6 Å². The Hall–Kier alpha value is -0.970. The Kier molecular flexibility index (Phi) is 4.48. The van der Waals surface area contributed by atoms with Crippen LogP contribution in [0, 0.1) is 6.92 Å². The van der Waals surface area contributed by atoms with Crippen molar-refractivity contribution in [1.82, 2.24) is 9.97 Å². The number of hydrogen-bond donors (Lipinski definition) is 2. The highest BCUT2D eigenvalue weighted by Crippen LogP contribution is 2.24. The summed E-state index contributed by atoms with van der Waals surface area (Å²) in [6, 6.07) is 0.563. The lowest BCUT2D eigenvalue weighted by atomic mass is 10.2. The molecule has 2 rings (SSSR count). The van der Waals surface area contributed by atoms with Crippen molar-refractivity contribution >= 4 is 23.4 Å². The zero-order valence-electron chi connectivity index (χ0n) is 10.5. The van der Waals surface area contributed by atoms with E-state index in [1.165, 1.54) is 17.9 Å². The fourth-order valence-corrected chi connectivity index (χ4v) is 3.01. The summed E-state index contributed by atoms with van der Waals surface area (Å²) < 4.78 is 0. The van der Waals surface area contributed by atoms with Crippen molar-refractivity contribution in [2.24, 2.45) is 0 Å². The van der Waals surface area contributed by atoms with Crippen molar-refractivity contribution in [1.29, 1.82) is 0 Å². The largest absolute Gasteiger partial charge is 0.370 e. The number of nitrogens with one attached hydrogen (secondary N) is 2. The van der Waals surface area contributed by atoms with Crippen molar-refractivity contribution in [2.45, 2.75) is 32.7 Å². The molecule has 1 aliphatic rings. The van der Waals surface area contributed by atoms with Gasteiger partial charge in [-0.15, -0.1) is 0 Å². The van der Waals surface area contributed by atoms with Gasteiger partial charge in [0, 0.05) is 23.9 Å². The molecule has 1 unspecified atom stereocenters. The van der Waals surface area contributed by atoms with Gasteiger partial charge in [0.05, 0.1) is 0 Å². The van der Waals surface area contributed by atoms with Gasteiger partial charge in [-0.25, -0.2) is 9.97 Å². The Balaban J connectivity index is 2.05. The highest BCUT2D eigenvalue weighted by atomic mass is 32.2. The third-order valence-corrected chi connectivity index (χ3v) is 4.06. The molecule has 17 heavy (non-hydrogen) atoms. The van der Waals surface area contributed by atoms with E-state index < -0.39 is 0 Å². The first-order valence-corrected chi connectivity index (χ1v) is 7.36. The Labute approximate surface area is 107 Å². The summed E-state index contributed by atoms with van der Waals surface area (Å²) in [5.41, 5.74) is 1.12. The maximum absolute atomic E-state index is 4.34. The number of thioether (sulfide) groups is 1. The summed E-state index contributed by atoms with van der Waals surface area (Å²) in [7, 11) is 0. The molecule has 5 heteroatoms. The van der Waals surface area contributed by atoms with Gasteiger partial charge in [-0.2, -0.15) is 11.8 Å². The van der Waals surface area contributed by atoms with Crippen LogP contribution in [0.5, 0.6) is 0 Å². The summed E-state index contributed by atoms with van der Waals surface area (Å²) in [6.07, 6.45) is 3.97. The zero-order chi connectivity index (χ0) is 12.1. The summed E-state index contributed by atoms with van der Waals surface area (Å²) in [4.78, 5) is 8.62. The quantitative estimate of drug-likeness (QED) is 0.843. The summed E-state index contributed by atoms with van der Waals surface area (Å²) in [5.74, 6) is 4.37. The molecule has 4 nitrogen and oxygen atoms in total. The molecule has 0 bridgehead atoms. The van der Waals surface area contributed by atoms with Gasteiger partial charge in [-0.3, -0.25) is 0 Å². The topological polar surface area (TPSA) is 49.8 Å². The molecule has 1 aromatic rings. The van der Waals surface area contributed by atoms with E-state index in [0.717, 1.165) is 30.2 Å². The average Bonchev–Trinajstić information content (AvgIpc) is 2.83. The van der Waals surface area contributed by atoms with Gasteiger partial charge in [0.1, 0.15) is 18.0 Å². The van der Waals surface area contributed by atoms with Crippen LogP contribution in [-0.2, 0) is 0 Å². The minimum atomic E-state index is 0.563. The van der Waals surface area contributed by atoms with Crippen LogP contribution < -0.4 is 10.6 Å². The third-order valence-electron chi connectivity index (χ3n) is 2.90. The molecular weight excluding hydrogens is 232 g/mol. The van der Waals surface area contributed by atoms with Gasteiger partial charge in [0.15, 0.2) is 0 Å². The van der Waals surface area contributed by atoms with E-state index in [0.29, 0.717) is 6.04 Å². The normalized spacial score (nSPS) is 19.3. The fraction of sp³-hybridized carbons (Fsp3) is 0.667. The molecule has 0 aromatic carbocycles. The first kappa shape index (κ1) is 12.5. The molecule has 2 N–H and O–H groups in total. The van der Waals surface area contributed by atoms with Crippen molar-refractivity contribution in [3.63, 3.8) is 0 Å². The molecule has 0 saturated carbocycles. The minimum Gasteiger partial charge on any atom is -0.370 e. The first-order valence-electron chi connectivity index (χ1n) is 6.21.